The minimum absolute atomic E-state index is 0.134. The molecule has 0 aromatic heterocycles. The summed E-state index contributed by atoms with van der Waals surface area (Å²) in [6.07, 6.45) is 0.988. The predicted octanol–water partition coefficient (Wildman–Crippen LogP) is 1.18. The number of phenols is 1. The van der Waals surface area contributed by atoms with Gasteiger partial charge in [-0.3, -0.25) is 9.59 Å². The highest BCUT2D eigenvalue weighted by Gasteiger charge is 2.12. The van der Waals surface area contributed by atoms with Crippen LogP contribution in [-0.2, 0) is 4.79 Å². The van der Waals surface area contributed by atoms with Crippen molar-refractivity contribution in [2.45, 2.75) is 19.8 Å². The van der Waals surface area contributed by atoms with Crippen molar-refractivity contribution < 1.29 is 19.1 Å². The Labute approximate surface area is 110 Å². The minimum atomic E-state index is -0.798. The maximum atomic E-state index is 13.4. The molecule has 0 aliphatic carbocycles. The number of phenolic OH excluding ortho intramolecular Hbond substituents is 1. The Balaban J connectivity index is 2.41. The lowest BCUT2D eigenvalue weighted by Crippen LogP contribution is -2.31. The maximum absolute atomic E-state index is 13.4. The van der Waals surface area contributed by atoms with Crippen molar-refractivity contribution in [3.63, 3.8) is 0 Å². The van der Waals surface area contributed by atoms with Crippen LogP contribution in [0.25, 0.3) is 0 Å². The van der Waals surface area contributed by atoms with Gasteiger partial charge in [-0.2, -0.15) is 0 Å². The van der Waals surface area contributed by atoms with Gasteiger partial charge in [-0.05, 0) is 18.6 Å². The van der Waals surface area contributed by atoms with Crippen LogP contribution in [0.1, 0.15) is 30.1 Å². The molecular weight excluding hydrogens is 251 g/mol. The average Bonchev–Trinajstić information content (AvgIpc) is 2.36. The molecule has 2 amide bonds. The quantitative estimate of drug-likeness (QED) is 0.725. The fourth-order valence-corrected chi connectivity index (χ4v) is 1.43. The fraction of sp³-hybridized carbons (Fsp3) is 0.385. The van der Waals surface area contributed by atoms with Crippen LogP contribution in [0.4, 0.5) is 4.39 Å². The summed E-state index contributed by atoms with van der Waals surface area (Å²) in [5.74, 6) is -1.81. The number of benzene rings is 1. The van der Waals surface area contributed by atoms with Crippen LogP contribution in [0.5, 0.6) is 5.75 Å². The second-order valence-electron chi connectivity index (χ2n) is 4.02. The molecule has 1 aromatic rings. The number of nitrogens with one attached hydrogen (secondary N) is 2. The standard InChI is InChI=1S/C13H17FN2O3/c1-2-6-15-12(18)5-7-16-13(19)10-4-3-9(17)8-11(10)14/h3-4,8,17H,2,5-7H2,1H3,(H,15,18)(H,16,19). The maximum Gasteiger partial charge on any atom is 0.254 e. The zero-order valence-corrected chi connectivity index (χ0v) is 10.7. The van der Waals surface area contributed by atoms with E-state index in [1.165, 1.54) is 12.1 Å². The number of carbonyl (C=O) groups is 2. The van der Waals surface area contributed by atoms with Gasteiger partial charge in [0.25, 0.3) is 5.91 Å². The summed E-state index contributed by atoms with van der Waals surface area (Å²) in [6.45, 7) is 2.67. The summed E-state index contributed by atoms with van der Waals surface area (Å²) >= 11 is 0. The summed E-state index contributed by atoms with van der Waals surface area (Å²) in [5, 5.41) is 14.1. The lowest BCUT2D eigenvalue weighted by atomic mass is 10.2. The first-order chi connectivity index (χ1) is 9.04. The van der Waals surface area contributed by atoms with Gasteiger partial charge in [-0.1, -0.05) is 6.92 Å². The molecule has 3 N–H and O–H groups in total. The Hall–Kier alpha value is -2.11. The SMILES string of the molecule is CCCNC(=O)CCNC(=O)c1ccc(O)cc1F. The number of rotatable bonds is 6. The Morgan fingerprint density at radius 3 is 2.63 bits per heavy atom. The number of amides is 2. The van der Waals surface area contributed by atoms with E-state index in [2.05, 4.69) is 10.6 Å². The second kappa shape index (κ2) is 7.35. The lowest BCUT2D eigenvalue weighted by molar-refractivity contribution is -0.120. The first kappa shape index (κ1) is 14.9. The van der Waals surface area contributed by atoms with Crippen molar-refractivity contribution in [2.75, 3.05) is 13.1 Å². The van der Waals surface area contributed by atoms with E-state index < -0.39 is 11.7 Å². The van der Waals surface area contributed by atoms with Crippen LogP contribution in [-0.4, -0.2) is 30.0 Å². The van der Waals surface area contributed by atoms with Crippen molar-refractivity contribution in [3.05, 3.63) is 29.6 Å². The monoisotopic (exact) mass is 268 g/mol. The Morgan fingerprint density at radius 2 is 2.00 bits per heavy atom. The smallest absolute Gasteiger partial charge is 0.254 e. The van der Waals surface area contributed by atoms with Crippen LogP contribution in [0.3, 0.4) is 0 Å². The largest absolute Gasteiger partial charge is 0.508 e. The van der Waals surface area contributed by atoms with E-state index in [1.54, 1.807) is 0 Å². The molecular formula is C13H17FN2O3. The van der Waals surface area contributed by atoms with Crippen LogP contribution in [0.2, 0.25) is 0 Å². The number of halogens is 1. The molecule has 0 saturated carbocycles. The molecule has 0 bridgehead atoms. The van der Waals surface area contributed by atoms with Crippen molar-refractivity contribution in [3.8, 4) is 5.75 Å². The molecule has 1 aromatic carbocycles. The summed E-state index contributed by atoms with van der Waals surface area (Å²) < 4.78 is 13.4. The second-order valence-corrected chi connectivity index (χ2v) is 4.02. The summed E-state index contributed by atoms with van der Waals surface area (Å²) in [5.41, 5.74) is -0.160. The van der Waals surface area contributed by atoms with E-state index in [9.17, 15) is 14.0 Å². The number of aromatic hydroxyl groups is 1. The Bertz CT molecular complexity index is 463. The van der Waals surface area contributed by atoms with Crippen LogP contribution in [0.15, 0.2) is 18.2 Å². The van der Waals surface area contributed by atoms with E-state index in [4.69, 9.17) is 5.11 Å². The number of carbonyl (C=O) groups excluding carboxylic acids is 2. The van der Waals surface area contributed by atoms with Gasteiger partial charge in [0, 0.05) is 25.6 Å². The van der Waals surface area contributed by atoms with Crippen LogP contribution >= 0.6 is 0 Å². The molecule has 0 heterocycles. The van der Waals surface area contributed by atoms with E-state index in [0.29, 0.717) is 6.54 Å². The molecule has 0 aliphatic rings. The third-order valence-corrected chi connectivity index (χ3v) is 2.41. The van der Waals surface area contributed by atoms with Gasteiger partial charge in [-0.15, -0.1) is 0 Å². The molecule has 5 nitrogen and oxygen atoms in total. The summed E-state index contributed by atoms with van der Waals surface area (Å²) in [7, 11) is 0. The third-order valence-electron chi connectivity index (χ3n) is 2.41. The van der Waals surface area contributed by atoms with Gasteiger partial charge in [0.15, 0.2) is 0 Å². The van der Waals surface area contributed by atoms with Crippen molar-refractivity contribution in [1.82, 2.24) is 10.6 Å². The molecule has 0 unspecified atom stereocenters. The van der Waals surface area contributed by atoms with Crippen LogP contribution in [0, 0.1) is 5.82 Å². The molecule has 0 atom stereocenters. The Kier molecular flexibility index (Phi) is 5.78. The molecule has 104 valence electrons. The normalized spacial score (nSPS) is 10.0. The lowest BCUT2D eigenvalue weighted by Gasteiger charge is -2.07. The highest BCUT2D eigenvalue weighted by molar-refractivity contribution is 5.94. The molecule has 0 spiro atoms. The van der Waals surface area contributed by atoms with Crippen molar-refractivity contribution in [1.29, 1.82) is 0 Å². The third kappa shape index (κ3) is 4.95. The first-order valence-electron chi connectivity index (χ1n) is 6.08. The fourth-order valence-electron chi connectivity index (χ4n) is 1.43. The molecule has 0 saturated heterocycles. The van der Waals surface area contributed by atoms with Crippen molar-refractivity contribution in [2.24, 2.45) is 0 Å². The van der Waals surface area contributed by atoms with Gasteiger partial charge in [-0.25, -0.2) is 4.39 Å². The van der Waals surface area contributed by atoms with E-state index in [1.807, 2.05) is 6.92 Å². The first-order valence-corrected chi connectivity index (χ1v) is 6.08. The van der Waals surface area contributed by atoms with Gasteiger partial charge in [0.05, 0.1) is 5.56 Å². The van der Waals surface area contributed by atoms with Gasteiger partial charge in [0.2, 0.25) is 5.91 Å². The highest BCUT2D eigenvalue weighted by atomic mass is 19.1. The van der Waals surface area contributed by atoms with E-state index >= 15 is 0 Å². The molecule has 19 heavy (non-hydrogen) atoms. The Morgan fingerprint density at radius 1 is 1.26 bits per heavy atom. The zero-order valence-electron chi connectivity index (χ0n) is 10.7. The zero-order chi connectivity index (χ0) is 14.3. The van der Waals surface area contributed by atoms with E-state index in [-0.39, 0.29) is 30.2 Å². The van der Waals surface area contributed by atoms with Gasteiger partial charge >= 0.3 is 0 Å². The molecule has 0 radical (unpaired) electrons. The highest BCUT2D eigenvalue weighted by Crippen LogP contribution is 2.14. The average molecular weight is 268 g/mol. The number of hydrogen-bond acceptors (Lipinski definition) is 3. The molecule has 6 heteroatoms. The summed E-state index contributed by atoms with van der Waals surface area (Å²) in [6, 6.07) is 3.28. The topological polar surface area (TPSA) is 78.4 Å². The molecule has 0 aliphatic heterocycles. The summed E-state index contributed by atoms with van der Waals surface area (Å²) in [4.78, 5) is 22.9. The minimum Gasteiger partial charge on any atom is -0.508 e. The molecule has 0 fully saturated rings. The number of hydrogen-bond donors (Lipinski definition) is 3. The van der Waals surface area contributed by atoms with Crippen molar-refractivity contribution >= 4 is 11.8 Å². The molecule has 1 rings (SSSR count). The predicted molar refractivity (Wildman–Crippen MR) is 68.3 cm³/mol. The van der Waals surface area contributed by atoms with Gasteiger partial charge < -0.3 is 15.7 Å². The van der Waals surface area contributed by atoms with Crippen LogP contribution < -0.4 is 10.6 Å². The van der Waals surface area contributed by atoms with E-state index in [0.717, 1.165) is 12.5 Å². The van der Waals surface area contributed by atoms with Gasteiger partial charge in [0.1, 0.15) is 11.6 Å².